The van der Waals surface area contributed by atoms with Crippen molar-refractivity contribution in [1.82, 2.24) is 10.2 Å². The second kappa shape index (κ2) is 8.15. The zero-order valence-corrected chi connectivity index (χ0v) is 15.3. The van der Waals surface area contributed by atoms with Crippen molar-refractivity contribution < 1.29 is 13.9 Å². The lowest BCUT2D eigenvalue weighted by Gasteiger charge is -2.19. The van der Waals surface area contributed by atoms with Crippen LogP contribution in [0.25, 0.3) is 11.5 Å². The van der Waals surface area contributed by atoms with Crippen molar-refractivity contribution in [2.75, 3.05) is 0 Å². The van der Waals surface area contributed by atoms with E-state index in [4.69, 9.17) is 20.8 Å². The summed E-state index contributed by atoms with van der Waals surface area (Å²) in [6, 6.07) is 16.7. The third-order valence-electron chi connectivity index (χ3n) is 3.95. The van der Waals surface area contributed by atoms with Crippen molar-refractivity contribution in [2.24, 2.45) is 5.92 Å². The van der Waals surface area contributed by atoms with Gasteiger partial charge in [0.15, 0.2) is 6.61 Å². The SMILES string of the molecule is CC(C)C(C(=O)OCc1nnc(-c2ccccc2)o1)c1cccc(Cl)c1. The first-order valence-corrected chi connectivity index (χ1v) is 8.72. The van der Waals surface area contributed by atoms with Gasteiger partial charge in [-0.2, -0.15) is 0 Å². The smallest absolute Gasteiger partial charge is 0.314 e. The zero-order valence-electron chi connectivity index (χ0n) is 14.6. The molecule has 0 saturated carbocycles. The normalized spacial score (nSPS) is 12.2. The molecule has 1 unspecified atom stereocenters. The topological polar surface area (TPSA) is 65.2 Å². The fourth-order valence-electron chi connectivity index (χ4n) is 2.73. The lowest BCUT2D eigenvalue weighted by Crippen LogP contribution is -2.21. The highest BCUT2D eigenvalue weighted by atomic mass is 35.5. The molecule has 0 aliphatic heterocycles. The van der Waals surface area contributed by atoms with E-state index in [0.29, 0.717) is 10.9 Å². The minimum absolute atomic E-state index is 0.0588. The Hall–Kier alpha value is -2.66. The summed E-state index contributed by atoms with van der Waals surface area (Å²) in [7, 11) is 0. The fourth-order valence-corrected chi connectivity index (χ4v) is 2.92. The van der Waals surface area contributed by atoms with Gasteiger partial charge in [0.1, 0.15) is 0 Å². The number of benzene rings is 2. The molecule has 1 heterocycles. The zero-order chi connectivity index (χ0) is 18.5. The third-order valence-corrected chi connectivity index (χ3v) is 4.19. The molecule has 134 valence electrons. The van der Waals surface area contributed by atoms with E-state index >= 15 is 0 Å². The molecule has 0 aliphatic carbocycles. The maximum Gasteiger partial charge on any atom is 0.314 e. The van der Waals surface area contributed by atoms with E-state index in [1.807, 2.05) is 56.3 Å². The number of carbonyl (C=O) groups is 1. The molecule has 3 aromatic rings. The van der Waals surface area contributed by atoms with Gasteiger partial charge in [0, 0.05) is 10.6 Å². The molecule has 0 amide bonds. The highest BCUT2D eigenvalue weighted by Crippen LogP contribution is 2.28. The van der Waals surface area contributed by atoms with Crippen LogP contribution in [0.5, 0.6) is 0 Å². The van der Waals surface area contributed by atoms with Crippen LogP contribution >= 0.6 is 11.6 Å². The molecule has 0 N–H and O–H groups in total. The molecule has 0 fully saturated rings. The summed E-state index contributed by atoms with van der Waals surface area (Å²) in [4.78, 5) is 12.6. The molecule has 6 heteroatoms. The average molecular weight is 371 g/mol. The van der Waals surface area contributed by atoms with Crippen molar-refractivity contribution in [3.63, 3.8) is 0 Å². The number of ether oxygens (including phenoxy) is 1. The fraction of sp³-hybridized carbons (Fsp3) is 0.250. The lowest BCUT2D eigenvalue weighted by atomic mass is 9.88. The number of hydrogen-bond acceptors (Lipinski definition) is 5. The molecule has 0 bridgehead atoms. The van der Waals surface area contributed by atoms with Gasteiger partial charge in [-0.05, 0) is 35.7 Å². The van der Waals surface area contributed by atoms with Crippen LogP contribution < -0.4 is 0 Å². The first-order valence-electron chi connectivity index (χ1n) is 8.34. The van der Waals surface area contributed by atoms with E-state index in [1.165, 1.54) is 0 Å². The Bertz CT molecular complexity index is 878. The maximum atomic E-state index is 12.6. The summed E-state index contributed by atoms with van der Waals surface area (Å²) in [5.74, 6) is -0.0480. The highest BCUT2D eigenvalue weighted by Gasteiger charge is 2.26. The van der Waals surface area contributed by atoms with Crippen molar-refractivity contribution in [3.05, 3.63) is 71.1 Å². The average Bonchev–Trinajstić information content (AvgIpc) is 3.10. The Balaban J connectivity index is 1.68. The Morgan fingerprint density at radius 2 is 1.88 bits per heavy atom. The Labute approximate surface area is 157 Å². The minimum atomic E-state index is -0.412. The number of rotatable bonds is 6. The van der Waals surface area contributed by atoms with Crippen LogP contribution in [0.3, 0.4) is 0 Å². The van der Waals surface area contributed by atoms with E-state index in [1.54, 1.807) is 12.1 Å². The van der Waals surface area contributed by atoms with E-state index in [0.717, 1.165) is 11.1 Å². The van der Waals surface area contributed by atoms with E-state index in [2.05, 4.69) is 10.2 Å². The van der Waals surface area contributed by atoms with E-state index in [-0.39, 0.29) is 24.4 Å². The first-order chi connectivity index (χ1) is 12.5. The van der Waals surface area contributed by atoms with Gasteiger partial charge in [-0.1, -0.05) is 55.8 Å². The van der Waals surface area contributed by atoms with Crippen LogP contribution in [0.15, 0.2) is 59.0 Å². The molecule has 0 aliphatic rings. The summed E-state index contributed by atoms with van der Waals surface area (Å²) in [5.41, 5.74) is 1.64. The maximum absolute atomic E-state index is 12.6. The standard InChI is InChI=1S/C20H19ClN2O3/c1-13(2)18(15-9-6-10-16(21)11-15)20(24)25-12-17-22-23-19(26-17)14-7-4-3-5-8-14/h3-11,13,18H,12H2,1-2H3. The Kier molecular flexibility index (Phi) is 5.68. The molecule has 0 spiro atoms. The summed E-state index contributed by atoms with van der Waals surface area (Å²) < 4.78 is 11.0. The van der Waals surface area contributed by atoms with Crippen molar-refractivity contribution >= 4 is 17.6 Å². The van der Waals surface area contributed by atoms with Gasteiger partial charge in [0.2, 0.25) is 5.89 Å². The van der Waals surface area contributed by atoms with E-state index in [9.17, 15) is 4.79 Å². The summed E-state index contributed by atoms with van der Waals surface area (Å²) in [6.45, 7) is 3.86. The molecule has 1 atom stereocenters. The van der Waals surface area contributed by atoms with Crippen LogP contribution in [0, 0.1) is 5.92 Å². The van der Waals surface area contributed by atoms with Crippen molar-refractivity contribution in [1.29, 1.82) is 0 Å². The molecule has 1 aromatic heterocycles. The van der Waals surface area contributed by atoms with Gasteiger partial charge in [-0.3, -0.25) is 4.79 Å². The minimum Gasteiger partial charge on any atom is -0.455 e. The van der Waals surface area contributed by atoms with Crippen LogP contribution in [-0.2, 0) is 16.1 Å². The van der Waals surface area contributed by atoms with Crippen LogP contribution in [-0.4, -0.2) is 16.2 Å². The number of nitrogens with zero attached hydrogens (tertiary/aromatic N) is 2. The quantitative estimate of drug-likeness (QED) is 0.579. The molecule has 26 heavy (non-hydrogen) atoms. The largest absolute Gasteiger partial charge is 0.455 e. The Morgan fingerprint density at radius 3 is 2.58 bits per heavy atom. The molecule has 0 radical (unpaired) electrons. The Morgan fingerprint density at radius 1 is 1.12 bits per heavy atom. The molecule has 2 aromatic carbocycles. The molecule has 5 nitrogen and oxygen atoms in total. The summed E-state index contributed by atoms with van der Waals surface area (Å²) in [6.07, 6.45) is 0. The van der Waals surface area contributed by atoms with Gasteiger partial charge in [0.05, 0.1) is 5.92 Å². The highest BCUT2D eigenvalue weighted by molar-refractivity contribution is 6.30. The van der Waals surface area contributed by atoms with Crippen molar-refractivity contribution in [2.45, 2.75) is 26.4 Å². The number of halogens is 1. The second-order valence-electron chi connectivity index (χ2n) is 6.25. The number of esters is 1. The van der Waals surface area contributed by atoms with Gasteiger partial charge in [-0.25, -0.2) is 0 Å². The summed E-state index contributed by atoms with van der Waals surface area (Å²) in [5, 5.41) is 8.52. The molecular weight excluding hydrogens is 352 g/mol. The molecule has 3 rings (SSSR count). The summed E-state index contributed by atoms with van der Waals surface area (Å²) >= 11 is 6.05. The van der Waals surface area contributed by atoms with Crippen molar-refractivity contribution in [3.8, 4) is 11.5 Å². The third kappa shape index (κ3) is 4.29. The first kappa shape index (κ1) is 18.1. The monoisotopic (exact) mass is 370 g/mol. The number of aromatic nitrogens is 2. The van der Waals surface area contributed by atoms with Crippen LogP contribution in [0.4, 0.5) is 0 Å². The van der Waals surface area contributed by atoms with Gasteiger partial charge in [-0.15, -0.1) is 10.2 Å². The number of carbonyl (C=O) groups excluding carboxylic acids is 1. The predicted octanol–water partition coefficient (Wildman–Crippen LogP) is 4.87. The van der Waals surface area contributed by atoms with Gasteiger partial charge < -0.3 is 9.15 Å². The molecule has 0 saturated heterocycles. The predicted molar refractivity (Wildman–Crippen MR) is 98.6 cm³/mol. The second-order valence-corrected chi connectivity index (χ2v) is 6.69. The molecular formula is C20H19ClN2O3. The number of hydrogen-bond donors (Lipinski definition) is 0. The van der Waals surface area contributed by atoms with Gasteiger partial charge in [0.25, 0.3) is 5.89 Å². The van der Waals surface area contributed by atoms with Gasteiger partial charge >= 0.3 is 5.97 Å². The van der Waals surface area contributed by atoms with Crippen LogP contribution in [0.2, 0.25) is 5.02 Å². The van der Waals surface area contributed by atoms with E-state index < -0.39 is 5.92 Å². The van der Waals surface area contributed by atoms with Crippen LogP contribution in [0.1, 0.15) is 31.2 Å². The lowest BCUT2D eigenvalue weighted by molar-refractivity contribution is -0.148.